The molecule has 1 heterocycles. The lowest BCUT2D eigenvalue weighted by atomic mass is 10.2. The second kappa shape index (κ2) is 6.80. The molecular weight excluding hydrogens is 371 g/mol. The molecule has 0 saturated heterocycles. The summed E-state index contributed by atoms with van der Waals surface area (Å²) in [6, 6.07) is 11.5. The molecule has 0 saturated carbocycles. The van der Waals surface area contributed by atoms with Crippen LogP contribution >= 0.6 is 23.2 Å². The molecule has 9 heteroatoms. The van der Waals surface area contributed by atoms with Gasteiger partial charge in [0, 0.05) is 5.69 Å². The molecule has 6 nitrogen and oxygen atoms in total. The third-order valence-electron chi connectivity index (χ3n) is 3.20. The molecule has 3 aromatic rings. The Morgan fingerprint density at radius 1 is 1.12 bits per heavy atom. The van der Waals surface area contributed by atoms with Crippen LogP contribution in [0.1, 0.15) is 5.56 Å². The van der Waals surface area contributed by atoms with Gasteiger partial charge < -0.3 is 0 Å². The van der Waals surface area contributed by atoms with Crippen molar-refractivity contribution >= 4 is 38.9 Å². The van der Waals surface area contributed by atoms with Gasteiger partial charge in [0.15, 0.2) is 0 Å². The average Bonchev–Trinajstić information content (AvgIpc) is 3.02. The standard InChI is InChI=1S/C15H12Cl2N4O2S/c16-13-5-2-6-14(15(13)17)24(22,23)20-12-4-1-3-11(7-12)8-21-10-18-9-19-21/h1-7,9-10,20H,8H2. The normalized spacial score (nSPS) is 11.4. The van der Waals surface area contributed by atoms with E-state index in [1.54, 1.807) is 29.2 Å². The molecule has 0 atom stereocenters. The Balaban J connectivity index is 1.86. The molecule has 0 spiro atoms. The van der Waals surface area contributed by atoms with Crippen molar-refractivity contribution in [3.05, 3.63) is 70.7 Å². The van der Waals surface area contributed by atoms with Crippen LogP contribution in [0, 0.1) is 0 Å². The van der Waals surface area contributed by atoms with E-state index in [-0.39, 0.29) is 14.9 Å². The Labute approximate surface area is 149 Å². The smallest absolute Gasteiger partial charge is 0.263 e. The van der Waals surface area contributed by atoms with Crippen molar-refractivity contribution < 1.29 is 8.42 Å². The fourth-order valence-corrected chi connectivity index (χ4v) is 3.95. The first-order chi connectivity index (χ1) is 11.5. The molecular formula is C15H12Cl2N4O2S. The Morgan fingerprint density at radius 3 is 2.67 bits per heavy atom. The predicted octanol–water partition coefficient (Wildman–Crippen LogP) is 3.43. The van der Waals surface area contributed by atoms with Crippen LogP contribution in [0.4, 0.5) is 5.69 Å². The molecule has 0 amide bonds. The number of sulfonamides is 1. The van der Waals surface area contributed by atoms with E-state index in [1.807, 2.05) is 6.07 Å². The van der Waals surface area contributed by atoms with Crippen LogP contribution in [0.2, 0.25) is 10.0 Å². The van der Waals surface area contributed by atoms with E-state index in [9.17, 15) is 8.42 Å². The number of hydrogen-bond donors (Lipinski definition) is 1. The van der Waals surface area contributed by atoms with Gasteiger partial charge in [-0.15, -0.1) is 0 Å². The molecule has 0 bridgehead atoms. The molecule has 124 valence electrons. The number of nitrogens with one attached hydrogen (secondary N) is 1. The van der Waals surface area contributed by atoms with Crippen LogP contribution in [-0.2, 0) is 16.6 Å². The molecule has 1 N–H and O–H groups in total. The van der Waals surface area contributed by atoms with E-state index < -0.39 is 10.0 Å². The molecule has 3 rings (SSSR count). The van der Waals surface area contributed by atoms with Gasteiger partial charge in [-0.3, -0.25) is 4.72 Å². The van der Waals surface area contributed by atoms with Crippen molar-refractivity contribution in [2.24, 2.45) is 0 Å². The lowest BCUT2D eigenvalue weighted by Gasteiger charge is -2.11. The number of nitrogens with zero attached hydrogens (tertiary/aromatic N) is 3. The van der Waals surface area contributed by atoms with E-state index in [0.29, 0.717) is 12.2 Å². The summed E-state index contributed by atoms with van der Waals surface area (Å²) in [4.78, 5) is 3.80. The number of halogens is 2. The second-order valence-corrected chi connectivity index (χ2v) is 7.39. The van der Waals surface area contributed by atoms with Crippen molar-refractivity contribution in [2.45, 2.75) is 11.4 Å². The minimum atomic E-state index is -3.85. The first-order valence-corrected chi connectivity index (χ1v) is 9.08. The Hall–Kier alpha value is -2.09. The Morgan fingerprint density at radius 2 is 1.92 bits per heavy atom. The van der Waals surface area contributed by atoms with Crippen molar-refractivity contribution in [1.29, 1.82) is 0 Å². The minimum Gasteiger partial charge on any atom is -0.280 e. The molecule has 2 aromatic carbocycles. The first-order valence-electron chi connectivity index (χ1n) is 6.84. The Bertz CT molecular complexity index is 959. The number of hydrogen-bond acceptors (Lipinski definition) is 4. The zero-order valence-electron chi connectivity index (χ0n) is 12.2. The lowest BCUT2D eigenvalue weighted by molar-refractivity contribution is 0.601. The van der Waals surface area contributed by atoms with E-state index in [2.05, 4.69) is 14.8 Å². The van der Waals surface area contributed by atoms with Gasteiger partial charge in [-0.25, -0.2) is 18.1 Å². The molecule has 0 aliphatic heterocycles. The summed E-state index contributed by atoms with van der Waals surface area (Å²) in [5.74, 6) is 0. The van der Waals surface area contributed by atoms with Gasteiger partial charge in [0.1, 0.15) is 17.6 Å². The predicted molar refractivity (Wildman–Crippen MR) is 92.8 cm³/mol. The summed E-state index contributed by atoms with van der Waals surface area (Å²) >= 11 is 11.9. The quantitative estimate of drug-likeness (QED) is 0.732. The number of benzene rings is 2. The molecule has 0 aliphatic carbocycles. The number of aromatic nitrogens is 3. The average molecular weight is 383 g/mol. The summed E-state index contributed by atoms with van der Waals surface area (Å²) in [7, 11) is -3.85. The van der Waals surface area contributed by atoms with E-state index in [1.165, 1.54) is 24.5 Å². The van der Waals surface area contributed by atoms with Crippen LogP contribution in [0.15, 0.2) is 60.0 Å². The highest BCUT2D eigenvalue weighted by atomic mass is 35.5. The first kappa shape index (κ1) is 16.8. The van der Waals surface area contributed by atoms with Crippen molar-refractivity contribution in [3.8, 4) is 0 Å². The van der Waals surface area contributed by atoms with Crippen molar-refractivity contribution in [2.75, 3.05) is 4.72 Å². The van der Waals surface area contributed by atoms with Gasteiger partial charge >= 0.3 is 0 Å². The van der Waals surface area contributed by atoms with Gasteiger partial charge in [-0.1, -0.05) is 41.4 Å². The van der Waals surface area contributed by atoms with Crippen molar-refractivity contribution in [3.63, 3.8) is 0 Å². The molecule has 0 radical (unpaired) electrons. The van der Waals surface area contributed by atoms with Gasteiger partial charge in [0.2, 0.25) is 0 Å². The van der Waals surface area contributed by atoms with Crippen LogP contribution in [0.3, 0.4) is 0 Å². The monoisotopic (exact) mass is 382 g/mol. The maximum Gasteiger partial charge on any atom is 0.263 e. The minimum absolute atomic E-state index is 0.00885. The SMILES string of the molecule is O=S(=O)(Nc1cccc(Cn2cncn2)c1)c1cccc(Cl)c1Cl. The second-order valence-electron chi connectivity index (χ2n) is 4.95. The topological polar surface area (TPSA) is 76.9 Å². The maximum absolute atomic E-state index is 12.5. The summed E-state index contributed by atoms with van der Waals surface area (Å²) in [6.45, 7) is 0.480. The summed E-state index contributed by atoms with van der Waals surface area (Å²) in [6.07, 6.45) is 3.02. The van der Waals surface area contributed by atoms with Crippen LogP contribution in [0.5, 0.6) is 0 Å². The third kappa shape index (κ3) is 3.69. The molecule has 24 heavy (non-hydrogen) atoms. The van der Waals surface area contributed by atoms with Crippen LogP contribution < -0.4 is 4.72 Å². The van der Waals surface area contributed by atoms with Crippen molar-refractivity contribution in [1.82, 2.24) is 14.8 Å². The number of rotatable bonds is 5. The zero-order valence-corrected chi connectivity index (χ0v) is 14.6. The Kier molecular flexibility index (Phi) is 4.75. The summed E-state index contributed by atoms with van der Waals surface area (Å²) in [5, 5.41) is 4.19. The highest BCUT2D eigenvalue weighted by Gasteiger charge is 2.19. The van der Waals surface area contributed by atoms with Crippen LogP contribution in [-0.4, -0.2) is 23.2 Å². The van der Waals surface area contributed by atoms with Gasteiger partial charge in [0.25, 0.3) is 10.0 Å². The maximum atomic E-state index is 12.5. The number of anilines is 1. The summed E-state index contributed by atoms with van der Waals surface area (Å²) in [5.41, 5.74) is 1.29. The summed E-state index contributed by atoms with van der Waals surface area (Å²) < 4.78 is 29.2. The molecule has 0 fully saturated rings. The fourth-order valence-electron chi connectivity index (χ4n) is 2.14. The van der Waals surface area contributed by atoms with E-state index in [0.717, 1.165) is 5.56 Å². The van der Waals surface area contributed by atoms with E-state index >= 15 is 0 Å². The lowest BCUT2D eigenvalue weighted by Crippen LogP contribution is -2.14. The molecule has 0 aliphatic rings. The molecule has 1 aromatic heterocycles. The van der Waals surface area contributed by atoms with Gasteiger partial charge in [-0.2, -0.15) is 5.10 Å². The van der Waals surface area contributed by atoms with Crippen LogP contribution in [0.25, 0.3) is 0 Å². The largest absolute Gasteiger partial charge is 0.280 e. The van der Waals surface area contributed by atoms with Gasteiger partial charge in [-0.05, 0) is 29.8 Å². The highest BCUT2D eigenvalue weighted by molar-refractivity contribution is 7.92. The highest BCUT2D eigenvalue weighted by Crippen LogP contribution is 2.30. The van der Waals surface area contributed by atoms with Gasteiger partial charge in [0.05, 0.1) is 16.6 Å². The van der Waals surface area contributed by atoms with E-state index in [4.69, 9.17) is 23.2 Å². The third-order valence-corrected chi connectivity index (χ3v) is 5.55. The zero-order chi connectivity index (χ0) is 17.2. The fraction of sp³-hybridized carbons (Fsp3) is 0.0667. The molecule has 0 unspecified atom stereocenters.